The molecule has 0 aliphatic carbocycles. The quantitative estimate of drug-likeness (QED) is 0.884. The van der Waals surface area contributed by atoms with Crippen molar-refractivity contribution in [1.29, 1.82) is 0 Å². The van der Waals surface area contributed by atoms with Crippen molar-refractivity contribution in [1.82, 2.24) is 9.36 Å². The van der Waals surface area contributed by atoms with E-state index in [1.165, 1.54) is 0 Å². The maximum Gasteiger partial charge on any atom is 0.340 e. The third-order valence-electron chi connectivity index (χ3n) is 2.55. The summed E-state index contributed by atoms with van der Waals surface area (Å²) in [7, 11) is 0. The van der Waals surface area contributed by atoms with Crippen molar-refractivity contribution in [2.45, 2.75) is 27.3 Å². The van der Waals surface area contributed by atoms with E-state index in [1.807, 2.05) is 13.8 Å². The maximum absolute atomic E-state index is 11.1. The number of aromatic carboxylic acids is 1. The van der Waals surface area contributed by atoms with Crippen LogP contribution in [0, 0.1) is 20.8 Å². The zero-order chi connectivity index (χ0) is 13.3. The van der Waals surface area contributed by atoms with Gasteiger partial charge in [-0.25, -0.2) is 9.78 Å². The standard InChI is InChI=1S/C11H13N3O3S/c1-5-7(3)17-8(13-5)4-12-10-9(11(15)16)6(2)14-18-10/h12H,4H2,1-3H3,(H,15,16). The molecule has 96 valence electrons. The fourth-order valence-electron chi connectivity index (χ4n) is 1.51. The number of rotatable bonds is 4. The van der Waals surface area contributed by atoms with Gasteiger partial charge in [-0.2, -0.15) is 4.37 Å². The Balaban J connectivity index is 2.13. The molecule has 0 bridgehead atoms. The molecule has 0 fully saturated rings. The number of carboxylic acids is 1. The van der Waals surface area contributed by atoms with E-state index in [0.29, 0.717) is 23.1 Å². The number of hydrogen-bond donors (Lipinski definition) is 2. The van der Waals surface area contributed by atoms with E-state index < -0.39 is 5.97 Å². The molecule has 7 heteroatoms. The Bertz CT molecular complexity index is 569. The van der Waals surface area contributed by atoms with Crippen LogP contribution in [0.1, 0.15) is 33.4 Å². The highest BCUT2D eigenvalue weighted by atomic mass is 32.1. The summed E-state index contributed by atoms with van der Waals surface area (Å²) in [4.78, 5) is 15.3. The normalized spacial score (nSPS) is 10.6. The first-order valence-electron chi connectivity index (χ1n) is 5.35. The van der Waals surface area contributed by atoms with Crippen molar-refractivity contribution < 1.29 is 14.3 Å². The molecule has 2 N–H and O–H groups in total. The van der Waals surface area contributed by atoms with Gasteiger partial charge < -0.3 is 14.8 Å². The number of aryl methyl sites for hydroxylation is 3. The summed E-state index contributed by atoms with van der Waals surface area (Å²) in [5.41, 5.74) is 1.56. The minimum Gasteiger partial charge on any atom is -0.478 e. The Hall–Kier alpha value is -1.89. The molecule has 2 heterocycles. The van der Waals surface area contributed by atoms with Crippen LogP contribution in [0.3, 0.4) is 0 Å². The molecule has 2 rings (SSSR count). The van der Waals surface area contributed by atoms with Crippen molar-refractivity contribution in [3.05, 3.63) is 28.6 Å². The monoisotopic (exact) mass is 267 g/mol. The Morgan fingerprint density at radius 3 is 2.67 bits per heavy atom. The van der Waals surface area contributed by atoms with E-state index in [9.17, 15) is 4.79 Å². The summed E-state index contributed by atoms with van der Waals surface area (Å²) in [6.07, 6.45) is 0. The van der Waals surface area contributed by atoms with Gasteiger partial charge in [0.1, 0.15) is 16.3 Å². The van der Waals surface area contributed by atoms with Crippen LogP contribution in [-0.4, -0.2) is 20.4 Å². The molecule has 0 saturated heterocycles. The average molecular weight is 267 g/mol. The van der Waals surface area contributed by atoms with Crippen LogP contribution in [0.4, 0.5) is 5.00 Å². The van der Waals surface area contributed by atoms with Crippen molar-refractivity contribution in [2.24, 2.45) is 0 Å². The van der Waals surface area contributed by atoms with Gasteiger partial charge in [0, 0.05) is 0 Å². The lowest BCUT2D eigenvalue weighted by atomic mass is 10.2. The van der Waals surface area contributed by atoms with Crippen molar-refractivity contribution in [3.63, 3.8) is 0 Å². The van der Waals surface area contributed by atoms with Crippen LogP contribution >= 0.6 is 11.5 Å². The molecule has 0 saturated carbocycles. The summed E-state index contributed by atoms with van der Waals surface area (Å²) in [5, 5.41) is 12.6. The number of carbonyl (C=O) groups is 1. The first-order valence-corrected chi connectivity index (χ1v) is 6.12. The molecular formula is C11H13N3O3S. The highest BCUT2D eigenvalue weighted by Crippen LogP contribution is 2.25. The smallest absolute Gasteiger partial charge is 0.340 e. The lowest BCUT2D eigenvalue weighted by Crippen LogP contribution is -2.05. The average Bonchev–Trinajstić information content (AvgIpc) is 2.80. The Labute approximate surface area is 108 Å². The van der Waals surface area contributed by atoms with Gasteiger partial charge in [-0.3, -0.25) is 0 Å². The molecule has 0 spiro atoms. The summed E-state index contributed by atoms with van der Waals surface area (Å²) >= 11 is 1.12. The van der Waals surface area contributed by atoms with Gasteiger partial charge in [0.05, 0.1) is 17.9 Å². The molecule has 2 aromatic rings. The Kier molecular flexibility index (Phi) is 3.33. The number of nitrogens with one attached hydrogen (secondary N) is 1. The highest BCUT2D eigenvalue weighted by molar-refractivity contribution is 7.10. The number of oxazole rings is 1. The van der Waals surface area contributed by atoms with Crippen LogP contribution in [0.2, 0.25) is 0 Å². The van der Waals surface area contributed by atoms with Gasteiger partial charge in [-0.15, -0.1) is 0 Å². The first-order chi connectivity index (χ1) is 8.49. The summed E-state index contributed by atoms with van der Waals surface area (Å²) < 4.78 is 9.43. The molecule has 2 aromatic heterocycles. The Morgan fingerprint density at radius 2 is 2.11 bits per heavy atom. The lowest BCUT2D eigenvalue weighted by Gasteiger charge is -2.01. The van der Waals surface area contributed by atoms with Gasteiger partial charge in [-0.1, -0.05) is 0 Å². The van der Waals surface area contributed by atoms with Crippen LogP contribution in [-0.2, 0) is 6.54 Å². The summed E-state index contributed by atoms with van der Waals surface area (Å²) in [5.74, 6) is 0.321. The molecule has 0 radical (unpaired) electrons. The van der Waals surface area contributed by atoms with Gasteiger partial charge in [-0.05, 0) is 32.3 Å². The number of hydrogen-bond acceptors (Lipinski definition) is 6. The van der Waals surface area contributed by atoms with Crippen LogP contribution in [0.5, 0.6) is 0 Å². The second kappa shape index (κ2) is 4.77. The molecule has 18 heavy (non-hydrogen) atoms. The first kappa shape index (κ1) is 12.6. The Morgan fingerprint density at radius 1 is 1.39 bits per heavy atom. The summed E-state index contributed by atoms with van der Waals surface area (Å²) in [6.45, 7) is 5.72. The van der Waals surface area contributed by atoms with Gasteiger partial charge >= 0.3 is 5.97 Å². The molecule has 0 aromatic carbocycles. The molecule has 0 amide bonds. The molecule has 0 atom stereocenters. The highest BCUT2D eigenvalue weighted by Gasteiger charge is 2.17. The number of carboxylic acid groups (broad SMARTS) is 1. The van der Waals surface area contributed by atoms with Gasteiger partial charge in [0.2, 0.25) is 5.89 Å². The predicted molar refractivity (Wildman–Crippen MR) is 67.1 cm³/mol. The minimum absolute atomic E-state index is 0.208. The second-order valence-electron chi connectivity index (χ2n) is 3.88. The van der Waals surface area contributed by atoms with Crippen molar-refractivity contribution >= 4 is 22.5 Å². The zero-order valence-electron chi connectivity index (χ0n) is 10.3. The second-order valence-corrected chi connectivity index (χ2v) is 4.65. The van der Waals surface area contributed by atoms with E-state index in [1.54, 1.807) is 6.92 Å². The number of anilines is 1. The zero-order valence-corrected chi connectivity index (χ0v) is 11.1. The van der Waals surface area contributed by atoms with Crippen molar-refractivity contribution in [3.8, 4) is 0 Å². The predicted octanol–water partition coefficient (Wildman–Crippen LogP) is 2.37. The number of nitrogens with zero attached hydrogens (tertiary/aromatic N) is 2. The van der Waals surface area contributed by atoms with Crippen LogP contribution in [0.25, 0.3) is 0 Å². The van der Waals surface area contributed by atoms with Gasteiger partial charge in [0.15, 0.2) is 0 Å². The fraction of sp³-hybridized carbons (Fsp3) is 0.364. The topological polar surface area (TPSA) is 88.2 Å². The molecule has 0 unspecified atom stereocenters. The minimum atomic E-state index is -0.983. The van der Waals surface area contributed by atoms with E-state index in [2.05, 4.69) is 14.7 Å². The largest absolute Gasteiger partial charge is 0.478 e. The molecule has 0 aliphatic rings. The van der Waals surface area contributed by atoms with E-state index in [-0.39, 0.29) is 5.56 Å². The van der Waals surface area contributed by atoms with E-state index >= 15 is 0 Å². The van der Waals surface area contributed by atoms with Crippen molar-refractivity contribution in [2.75, 3.05) is 5.32 Å². The maximum atomic E-state index is 11.1. The molecule has 6 nitrogen and oxygen atoms in total. The van der Waals surface area contributed by atoms with Crippen LogP contribution in [0.15, 0.2) is 4.42 Å². The SMILES string of the molecule is Cc1nc(CNc2snc(C)c2C(=O)O)oc1C. The van der Waals surface area contributed by atoms with Gasteiger partial charge in [0.25, 0.3) is 0 Å². The van der Waals surface area contributed by atoms with E-state index in [4.69, 9.17) is 9.52 Å². The molecule has 0 aliphatic heterocycles. The lowest BCUT2D eigenvalue weighted by molar-refractivity contribution is 0.0697. The summed E-state index contributed by atoms with van der Waals surface area (Å²) in [6, 6.07) is 0. The molecular weight excluding hydrogens is 254 g/mol. The fourth-order valence-corrected chi connectivity index (χ4v) is 2.30. The van der Waals surface area contributed by atoms with Crippen LogP contribution < -0.4 is 5.32 Å². The van der Waals surface area contributed by atoms with E-state index in [0.717, 1.165) is 23.0 Å². The third-order valence-corrected chi connectivity index (χ3v) is 3.45. The number of aromatic nitrogens is 2. The third kappa shape index (κ3) is 2.35.